The Morgan fingerprint density at radius 1 is 1.04 bits per heavy atom. The quantitative estimate of drug-likeness (QED) is 0.754. The summed E-state index contributed by atoms with van der Waals surface area (Å²) in [5, 5.41) is 2.97. The first-order valence-corrected chi connectivity index (χ1v) is 11.3. The van der Waals surface area contributed by atoms with E-state index in [9.17, 15) is 18.0 Å². The van der Waals surface area contributed by atoms with Gasteiger partial charge in [-0.2, -0.15) is 0 Å². The van der Waals surface area contributed by atoms with Gasteiger partial charge in [-0.05, 0) is 32.1 Å². The monoisotopic (exact) mass is 369 g/mol. The molecule has 4 rings (SSSR count). The molecule has 4 fully saturated rings. The van der Waals surface area contributed by atoms with Crippen LogP contribution < -0.4 is 5.32 Å². The Balaban J connectivity index is 1.50. The van der Waals surface area contributed by atoms with E-state index in [0.717, 1.165) is 51.4 Å². The molecule has 25 heavy (non-hydrogen) atoms. The highest BCUT2D eigenvalue weighted by atomic mass is 32.2. The smallest absolute Gasteiger partial charge is 0.323 e. The Kier molecular flexibility index (Phi) is 4.30. The van der Waals surface area contributed by atoms with Crippen LogP contribution in [0.4, 0.5) is 4.79 Å². The minimum Gasteiger partial charge on any atom is -0.323 e. The number of carbonyl (C=O) groups is 2. The van der Waals surface area contributed by atoms with Crippen molar-refractivity contribution in [3.63, 3.8) is 0 Å². The fourth-order valence-electron chi connectivity index (χ4n) is 4.61. The molecule has 2 aliphatic heterocycles. The molecule has 1 atom stereocenters. The zero-order valence-corrected chi connectivity index (χ0v) is 15.4. The van der Waals surface area contributed by atoms with Crippen molar-refractivity contribution >= 4 is 21.8 Å². The summed E-state index contributed by atoms with van der Waals surface area (Å²) in [6.45, 7) is 0.233. The molecule has 1 N–H and O–H groups in total. The highest BCUT2D eigenvalue weighted by Crippen LogP contribution is 2.36. The van der Waals surface area contributed by atoms with Crippen molar-refractivity contribution in [2.75, 3.05) is 18.2 Å². The molecular formula is C17H27N3O4S. The number of sulfone groups is 1. The van der Waals surface area contributed by atoms with E-state index >= 15 is 0 Å². The first-order chi connectivity index (χ1) is 11.9. The summed E-state index contributed by atoms with van der Waals surface area (Å²) in [4.78, 5) is 29.0. The van der Waals surface area contributed by atoms with Crippen molar-refractivity contribution in [1.29, 1.82) is 0 Å². The second-order valence-electron chi connectivity index (χ2n) is 8.10. The van der Waals surface area contributed by atoms with Crippen LogP contribution in [0.3, 0.4) is 0 Å². The van der Waals surface area contributed by atoms with Crippen LogP contribution in [0.15, 0.2) is 0 Å². The van der Waals surface area contributed by atoms with E-state index in [1.165, 1.54) is 4.90 Å². The third kappa shape index (κ3) is 3.30. The van der Waals surface area contributed by atoms with Crippen molar-refractivity contribution < 1.29 is 18.0 Å². The van der Waals surface area contributed by atoms with Crippen molar-refractivity contribution in [2.45, 2.75) is 75.4 Å². The minimum absolute atomic E-state index is 0.0659. The zero-order chi connectivity index (χ0) is 17.7. The molecule has 3 amide bonds. The lowest BCUT2D eigenvalue weighted by molar-refractivity contribution is -0.133. The minimum atomic E-state index is -2.98. The number of rotatable bonds is 4. The van der Waals surface area contributed by atoms with Crippen LogP contribution in [0.5, 0.6) is 0 Å². The fourth-order valence-corrected chi connectivity index (χ4v) is 6.35. The van der Waals surface area contributed by atoms with E-state index in [1.54, 1.807) is 0 Å². The molecule has 0 aromatic carbocycles. The molecule has 0 aromatic rings. The summed E-state index contributed by atoms with van der Waals surface area (Å²) < 4.78 is 23.7. The Morgan fingerprint density at radius 3 is 2.28 bits per heavy atom. The van der Waals surface area contributed by atoms with Gasteiger partial charge in [0.1, 0.15) is 5.54 Å². The molecule has 1 spiro atoms. The average molecular weight is 369 g/mol. The number of nitrogens with zero attached hydrogens (tertiary/aromatic N) is 2. The molecule has 0 radical (unpaired) electrons. The Bertz CT molecular complexity index is 665. The van der Waals surface area contributed by atoms with Crippen LogP contribution in [0.2, 0.25) is 0 Å². The van der Waals surface area contributed by atoms with Crippen LogP contribution in [0, 0.1) is 0 Å². The molecule has 0 bridgehead atoms. The number of nitrogens with one attached hydrogen (secondary N) is 1. The van der Waals surface area contributed by atoms with Crippen molar-refractivity contribution in [3.8, 4) is 0 Å². The van der Waals surface area contributed by atoms with E-state index < -0.39 is 15.4 Å². The highest BCUT2D eigenvalue weighted by molar-refractivity contribution is 7.91. The molecule has 2 heterocycles. The van der Waals surface area contributed by atoms with Gasteiger partial charge < -0.3 is 5.32 Å². The molecule has 140 valence electrons. The first kappa shape index (κ1) is 17.3. The zero-order valence-electron chi connectivity index (χ0n) is 14.6. The molecule has 0 aromatic heterocycles. The second-order valence-corrected chi connectivity index (χ2v) is 10.3. The molecule has 8 heteroatoms. The standard InChI is InChI=1S/C17H27N3O4S/c21-15-17(8-3-1-2-4-9-17)18-16(22)20(15)12-19(13-5-6-13)14-7-10-25(23,24)11-14/h13-14H,1-12H2,(H,18,22)/t14-/m0/s1. The van der Waals surface area contributed by atoms with Gasteiger partial charge in [-0.25, -0.2) is 18.1 Å². The Morgan fingerprint density at radius 2 is 1.72 bits per heavy atom. The van der Waals surface area contributed by atoms with Gasteiger partial charge in [0.2, 0.25) is 0 Å². The molecule has 7 nitrogen and oxygen atoms in total. The lowest BCUT2D eigenvalue weighted by atomic mass is 9.90. The van der Waals surface area contributed by atoms with Gasteiger partial charge in [0.15, 0.2) is 9.84 Å². The summed E-state index contributed by atoms with van der Waals surface area (Å²) in [6, 6.07) is -0.0632. The van der Waals surface area contributed by atoms with E-state index in [2.05, 4.69) is 10.2 Å². The molecule has 4 aliphatic rings. The predicted octanol–water partition coefficient (Wildman–Crippen LogP) is 1.24. The number of hydrogen-bond donors (Lipinski definition) is 1. The first-order valence-electron chi connectivity index (χ1n) is 9.51. The van der Waals surface area contributed by atoms with Gasteiger partial charge >= 0.3 is 6.03 Å². The van der Waals surface area contributed by atoms with E-state index in [-0.39, 0.29) is 36.2 Å². The molecular weight excluding hydrogens is 342 g/mol. The lowest BCUT2D eigenvalue weighted by Gasteiger charge is -2.31. The Hall–Kier alpha value is -1.15. The van der Waals surface area contributed by atoms with E-state index in [1.807, 2.05) is 0 Å². The third-order valence-corrected chi connectivity index (χ3v) is 7.95. The summed E-state index contributed by atoms with van der Waals surface area (Å²) in [5.74, 6) is 0.259. The number of urea groups is 1. The van der Waals surface area contributed by atoms with Gasteiger partial charge in [0.05, 0.1) is 18.2 Å². The van der Waals surface area contributed by atoms with Crippen LogP contribution >= 0.6 is 0 Å². The normalized spacial score (nSPS) is 31.6. The SMILES string of the molecule is O=C1NC2(CCCCCC2)C(=O)N1CN(C1CC1)[C@H]1CCS(=O)(=O)C1. The van der Waals surface area contributed by atoms with Crippen LogP contribution in [-0.4, -0.2) is 66.0 Å². The summed E-state index contributed by atoms with van der Waals surface area (Å²) in [5.41, 5.74) is -0.718. The maximum atomic E-state index is 13.1. The lowest BCUT2D eigenvalue weighted by Crippen LogP contribution is -2.50. The summed E-state index contributed by atoms with van der Waals surface area (Å²) >= 11 is 0. The van der Waals surface area contributed by atoms with Gasteiger partial charge in [0.25, 0.3) is 5.91 Å². The predicted molar refractivity (Wildman–Crippen MR) is 92.6 cm³/mol. The highest BCUT2D eigenvalue weighted by Gasteiger charge is 2.52. The van der Waals surface area contributed by atoms with Crippen molar-refractivity contribution in [1.82, 2.24) is 15.1 Å². The molecule has 2 saturated heterocycles. The van der Waals surface area contributed by atoms with Crippen molar-refractivity contribution in [3.05, 3.63) is 0 Å². The number of imide groups is 1. The fraction of sp³-hybridized carbons (Fsp3) is 0.882. The molecule has 0 unspecified atom stereocenters. The van der Waals surface area contributed by atoms with Gasteiger partial charge in [0, 0.05) is 12.1 Å². The maximum absolute atomic E-state index is 13.1. The summed E-state index contributed by atoms with van der Waals surface area (Å²) in [6.07, 6.45) is 8.23. The number of amides is 3. The van der Waals surface area contributed by atoms with E-state index in [0.29, 0.717) is 12.5 Å². The molecule has 2 aliphatic carbocycles. The topological polar surface area (TPSA) is 86.8 Å². The van der Waals surface area contributed by atoms with Gasteiger partial charge in [-0.1, -0.05) is 25.7 Å². The van der Waals surface area contributed by atoms with Gasteiger partial charge in [-0.15, -0.1) is 0 Å². The van der Waals surface area contributed by atoms with Crippen LogP contribution in [-0.2, 0) is 14.6 Å². The largest absolute Gasteiger partial charge is 0.326 e. The maximum Gasteiger partial charge on any atom is 0.326 e. The van der Waals surface area contributed by atoms with Crippen LogP contribution in [0.1, 0.15) is 57.8 Å². The number of carbonyl (C=O) groups excluding carboxylic acids is 2. The number of hydrogen-bond acceptors (Lipinski definition) is 5. The third-order valence-electron chi connectivity index (χ3n) is 6.20. The average Bonchev–Trinajstić information content (AvgIpc) is 3.32. The summed E-state index contributed by atoms with van der Waals surface area (Å²) in [7, 11) is -2.98. The van der Waals surface area contributed by atoms with Crippen LogP contribution in [0.25, 0.3) is 0 Å². The van der Waals surface area contributed by atoms with Crippen molar-refractivity contribution in [2.24, 2.45) is 0 Å². The van der Waals surface area contributed by atoms with E-state index in [4.69, 9.17) is 0 Å². The molecule has 2 saturated carbocycles. The second kappa shape index (κ2) is 6.23. The Labute approximate surface area is 149 Å². The van der Waals surface area contributed by atoms with Gasteiger partial charge in [-0.3, -0.25) is 9.69 Å².